The molecule has 6 heteroatoms. The summed E-state index contributed by atoms with van der Waals surface area (Å²) in [6.07, 6.45) is 0.805. The number of ether oxygens (including phenoxy) is 2. The molecule has 0 fully saturated rings. The topological polar surface area (TPSA) is 44.2 Å². The van der Waals surface area contributed by atoms with Crippen molar-refractivity contribution in [2.24, 2.45) is 0 Å². The minimum absolute atomic E-state index is 0.167. The van der Waals surface area contributed by atoms with Gasteiger partial charge in [0.05, 0.1) is 18.1 Å². The lowest BCUT2D eigenvalue weighted by atomic mass is 10.1. The normalized spacial score (nSPS) is 11.7. The maximum absolute atomic E-state index is 5.60. The van der Waals surface area contributed by atoms with Crippen LogP contribution in [0.1, 0.15) is 25.3 Å². The van der Waals surface area contributed by atoms with E-state index in [1.807, 2.05) is 13.8 Å². The first-order chi connectivity index (χ1) is 7.07. The molecule has 0 saturated heterocycles. The van der Waals surface area contributed by atoms with Gasteiger partial charge in [0.25, 0.3) is 5.19 Å². The lowest BCUT2D eigenvalue weighted by molar-refractivity contribution is 0.00538. The van der Waals surface area contributed by atoms with Crippen molar-refractivity contribution < 1.29 is 9.47 Å². The van der Waals surface area contributed by atoms with Crippen LogP contribution in [0.25, 0.3) is 0 Å². The zero-order valence-corrected chi connectivity index (χ0v) is 10.7. The highest BCUT2D eigenvalue weighted by molar-refractivity contribution is 7.13. The van der Waals surface area contributed by atoms with E-state index in [4.69, 9.17) is 21.1 Å². The number of rotatable bonds is 6. The van der Waals surface area contributed by atoms with Gasteiger partial charge in [-0.05, 0) is 13.8 Å². The van der Waals surface area contributed by atoms with Crippen LogP contribution in [-0.4, -0.2) is 29.5 Å². The quantitative estimate of drug-likeness (QED) is 0.728. The number of methoxy groups -OCH3 is 1. The Hall–Kier alpha value is -0.390. The Balaban J connectivity index is 2.31. The van der Waals surface area contributed by atoms with E-state index in [2.05, 4.69) is 10.2 Å². The number of halogens is 1. The maximum Gasteiger partial charge on any atom is 0.294 e. The Morgan fingerprint density at radius 3 is 2.67 bits per heavy atom. The van der Waals surface area contributed by atoms with Crippen LogP contribution in [0.5, 0.6) is 5.19 Å². The number of nitrogens with zero attached hydrogens (tertiary/aromatic N) is 2. The van der Waals surface area contributed by atoms with Gasteiger partial charge in [-0.2, -0.15) is 0 Å². The Kier molecular flexibility index (Phi) is 4.76. The Bertz CT molecular complexity index is 304. The van der Waals surface area contributed by atoms with Gasteiger partial charge in [0.1, 0.15) is 5.01 Å². The molecule has 86 valence electrons. The van der Waals surface area contributed by atoms with Gasteiger partial charge in [0, 0.05) is 13.5 Å². The predicted molar refractivity (Wildman–Crippen MR) is 60.7 cm³/mol. The fraction of sp³-hybridized carbons (Fsp3) is 0.778. The number of aromatic nitrogens is 2. The van der Waals surface area contributed by atoms with Gasteiger partial charge < -0.3 is 9.47 Å². The lowest BCUT2D eigenvalue weighted by Crippen LogP contribution is -2.25. The zero-order valence-electron chi connectivity index (χ0n) is 9.12. The monoisotopic (exact) mass is 250 g/mol. The second-order valence-electron chi connectivity index (χ2n) is 3.66. The molecule has 0 unspecified atom stereocenters. The van der Waals surface area contributed by atoms with E-state index in [1.165, 1.54) is 11.3 Å². The molecule has 0 amide bonds. The van der Waals surface area contributed by atoms with Crippen LogP contribution >= 0.6 is 22.9 Å². The lowest BCUT2D eigenvalue weighted by Gasteiger charge is -2.21. The molecule has 0 aliphatic rings. The van der Waals surface area contributed by atoms with Crippen LogP contribution in [0.4, 0.5) is 0 Å². The molecule has 15 heavy (non-hydrogen) atoms. The van der Waals surface area contributed by atoms with E-state index in [0.717, 1.165) is 11.4 Å². The second kappa shape index (κ2) is 5.63. The number of hydrogen-bond acceptors (Lipinski definition) is 5. The molecule has 0 aliphatic heterocycles. The van der Waals surface area contributed by atoms with Crippen LogP contribution in [-0.2, 0) is 10.6 Å². The second-order valence-corrected chi connectivity index (χ2v) is 4.95. The van der Waals surface area contributed by atoms with Crippen LogP contribution in [0.15, 0.2) is 0 Å². The first-order valence-corrected chi connectivity index (χ1v) is 5.99. The average molecular weight is 251 g/mol. The smallest absolute Gasteiger partial charge is 0.294 e. The van der Waals surface area contributed by atoms with Crippen LogP contribution in [0.3, 0.4) is 0 Å². The minimum atomic E-state index is -0.167. The van der Waals surface area contributed by atoms with E-state index in [1.54, 1.807) is 7.11 Å². The molecular weight excluding hydrogens is 236 g/mol. The first kappa shape index (κ1) is 12.7. The van der Waals surface area contributed by atoms with Crippen molar-refractivity contribution in [1.29, 1.82) is 0 Å². The highest BCUT2D eigenvalue weighted by Gasteiger charge is 2.16. The van der Waals surface area contributed by atoms with Crippen molar-refractivity contribution in [3.05, 3.63) is 5.01 Å². The van der Waals surface area contributed by atoms with E-state index in [-0.39, 0.29) is 5.60 Å². The molecule has 0 spiro atoms. The summed E-state index contributed by atoms with van der Waals surface area (Å²) >= 11 is 6.98. The van der Waals surface area contributed by atoms with Gasteiger partial charge in [-0.3, -0.25) is 0 Å². The standard InChI is InChI=1S/C9H15ClN2O2S/c1-9(2,13-3)4-5-14-8-12-11-7(6-10)15-8/h4-6H2,1-3H3. The molecule has 4 nitrogen and oxygen atoms in total. The van der Waals surface area contributed by atoms with E-state index in [0.29, 0.717) is 17.7 Å². The summed E-state index contributed by atoms with van der Waals surface area (Å²) < 4.78 is 10.7. The van der Waals surface area contributed by atoms with Gasteiger partial charge in [-0.25, -0.2) is 0 Å². The Morgan fingerprint density at radius 2 is 2.13 bits per heavy atom. The van der Waals surface area contributed by atoms with E-state index < -0.39 is 0 Å². The molecule has 0 radical (unpaired) electrons. The molecule has 0 N–H and O–H groups in total. The van der Waals surface area contributed by atoms with Gasteiger partial charge in [-0.1, -0.05) is 11.3 Å². The summed E-state index contributed by atoms with van der Waals surface area (Å²) in [6, 6.07) is 0. The van der Waals surface area contributed by atoms with Crippen molar-refractivity contribution in [2.75, 3.05) is 13.7 Å². The fourth-order valence-corrected chi connectivity index (χ4v) is 1.62. The van der Waals surface area contributed by atoms with Gasteiger partial charge >= 0.3 is 0 Å². The van der Waals surface area contributed by atoms with Crippen molar-refractivity contribution in [1.82, 2.24) is 10.2 Å². The van der Waals surface area contributed by atoms with Gasteiger partial charge in [0.2, 0.25) is 0 Å². The summed E-state index contributed by atoms with van der Waals surface area (Å²) in [5.74, 6) is 0.380. The molecule has 1 aromatic heterocycles. The molecule has 0 aromatic carbocycles. The Labute approximate surface area is 98.6 Å². The maximum atomic E-state index is 5.60. The molecule has 0 bridgehead atoms. The number of alkyl halides is 1. The minimum Gasteiger partial charge on any atom is -0.469 e. The van der Waals surface area contributed by atoms with Crippen molar-refractivity contribution >= 4 is 22.9 Å². The summed E-state index contributed by atoms with van der Waals surface area (Å²) in [5.41, 5.74) is -0.167. The predicted octanol–water partition coefficient (Wildman–Crippen LogP) is 2.47. The third-order valence-electron chi connectivity index (χ3n) is 2.04. The van der Waals surface area contributed by atoms with Crippen molar-refractivity contribution in [3.63, 3.8) is 0 Å². The highest BCUT2D eigenvalue weighted by Crippen LogP contribution is 2.20. The summed E-state index contributed by atoms with van der Waals surface area (Å²) in [4.78, 5) is 0. The molecule has 0 saturated carbocycles. The van der Waals surface area contributed by atoms with E-state index in [9.17, 15) is 0 Å². The van der Waals surface area contributed by atoms with Gasteiger partial charge in [-0.15, -0.1) is 21.8 Å². The molecule has 0 aliphatic carbocycles. The van der Waals surface area contributed by atoms with Crippen LogP contribution in [0.2, 0.25) is 0 Å². The largest absolute Gasteiger partial charge is 0.469 e. The van der Waals surface area contributed by atoms with Crippen LogP contribution < -0.4 is 4.74 Å². The summed E-state index contributed by atoms with van der Waals surface area (Å²) in [7, 11) is 1.69. The average Bonchev–Trinajstić information content (AvgIpc) is 2.66. The zero-order chi connectivity index (χ0) is 11.3. The summed E-state index contributed by atoms with van der Waals surface area (Å²) in [5, 5.41) is 9.05. The first-order valence-electron chi connectivity index (χ1n) is 4.64. The highest BCUT2D eigenvalue weighted by atomic mass is 35.5. The fourth-order valence-electron chi connectivity index (χ4n) is 0.837. The van der Waals surface area contributed by atoms with Crippen molar-refractivity contribution in [3.8, 4) is 5.19 Å². The molecule has 1 aromatic rings. The third kappa shape index (κ3) is 4.32. The number of hydrogen-bond donors (Lipinski definition) is 0. The molecular formula is C9H15ClN2O2S. The SMILES string of the molecule is COC(C)(C)CCOc1nnc(CCl)s1. The Morgan fingerprint density at radius 1 is 1.40 bits per heavy atom. The van der Waals surface area contributed by atoms with E-state index >= 15 is 0 Å². The van der Waals surface area contributed by atoms with Gasteiger partial charge in [0.15, 0.2) is 0 Å². The molecule has 1 heterocycles. The van der Waals surface area contributed by atoms with Crippen molar-refractivity contribution in [2.45, 2.75) is 31.7 Å². The summed E-state index contributed by atoms with van der Waals surface area (Å²) in [6.45, 7) is 4.60. The molecule has 0 atom stereocenters. The molecule has 1 rings (SSSR count). The third-order valence-corrected chi connectivity index (χ3v) is 3.29. The van der Waals surface area contributed by atoms with Crippen LogP contribution in [0, 0.1) is 0 Å².